The summed E-state index contributed by atoms with van der Waals surface area (Å²) in [5.74, 6) is -1.53. The van der Waals surface area contributed by atoms with Gasteiger partial charge in [-0.15, -0.1) is 0 Å². The molecule has 0 fully saturated rings. The lowest BCUT2D eigenvalue weighted by molar-refractivity contribution is 0.0697. The Morgan fingerprint density at radius 1 is 1.15 bits per heavy atom. The van der Waals surface area contributed by atoms with Crippen molar-refractivity contribution in [2.75, 3.05) is 0 Å². The van der Waals surface area contributed by atoms with Crippen molar-refractivity contribution in [2.45, 2.75) is 0 Å². The maximum atomic E-state index is 11.5. The first-order chi connectivity index (χ1) is 9.47. The van der Waals surface area contributed by atoms with Crippen LogP contribution >= 0.6 is 15.9 Å². The van der Waals surface area contributed by atoms with Gasteiger partial charge in [-0.05, 0) is 30.3 Å². The highest BCUT2D eigenvalue weighted by molar-refractivity contribution is 9.10. The summed E-state index contributed by atoms with van der Waals surface area (Å²) in [6, 6.07) is 8.23. The molecule has 100 valence electrons. The van der Waals surface area contributed by atoms with Crippen molar-refractivity contribution in [1.82, 2.24) is 4.98 Å². The second kappa shape index (κ2) is 4.35. The molecule has 1 heterocycles. The molecule has 3 aromatic rings. The van der Waals surface area contributed by atoms with Gasteiger partial charge in [-0.25, -0.2) is 4.79 Å². The number of halogens is 1. The quantitative estimate of drug-likeness (QED) is 0.673. The van der Waals surface area contributed by atoms with E-state index in [4.69, 9.17) is 10.8 Å². The molecular formula is C14H9BrN2O3. The van der Waals surface area contributed by atoms with Gasteiger partial charge in [0.05, 0.1) is 16.6 Å². The molecule has 0 bridgehead atoms. The lowest BCUT2D eigenvalue weighted by Crippen LogP contribution is -2.11. The molecule has 2 aromatic carbocycles. The van der Waals surface area contributed by atoms with E-state index in [9.17, 15) is 9.59 Å². The monoisotopic (exact) mass is 332 g/mol. The molecule has 20 heavy (non-hydrogen) atoms. The topological polar surface area (TPSA) is 96.2 Å². The highest BCUT2D eigenvalue weighted by atomic mass is 79.9. The van der Waals surface area contributed by atoms with Crippen LogP contribution in [0, 0.1) is 0 Å². The summed E-state index contributed by atoms with van der Waals surface area (Å²) in [5, 5.41) is 10.6. The summed E-state index contributed by atoms with van der Waals surface area (Å²) in [6.45, 7) is 0. The minimum atomic E-state index is -0.994. The Labute approximate surface area is 121 Å². The van der Waals surface area contributed by atoms with Gasteiger partial charge in [0.1, 0.15) is 0 Å². The summed E-state index contributed by atoms with van der Waals surface area (Å²) in [6.07, 6.45) is 0. The molecule has 0 saturated heterocycles. The number of hydrogen-bond donors (Lipinski definition) is 3. The third kappa shape index (κ3) is 1.85. The number of carbonyl (C=O) groups is 2. The highest BCUT2D eigenvalue weighted by Crippen LogP contribution is 2.31. The summed E-state index contributed by atoms with van der Waals surface area (Å²) in [7, 11) is 0. The van der Waals surface area contributed by atoms with Gasteiger partial charge in [0.2, 0.25) is 0 Å². The number of aromatic carboxylic acids is 1. The van der Waals surface area contributed by atoms with E-state index in [-0.39, 0.29) is 5.56 Å². The molecule has 0 aliphatic rings. The number of H-pyrrole nitrogens is 1. The molecule has 0 atom stereocenters. The second-order valence-electron chi connectivity index (χ2n) is 4.43. The average Bonchev–Trinajstić information content (AvgIpc) is 2.75. The SMILES string of the molecule is NC(=O)c1cc(Br)cc2c1[nH]c1ccc(C(=O)O)cc12. The number of aromatic nitrogens is 1. The number of rotatable bonds is 2. The van der Waals surface area contributed by atoms with Crippen LogP contribution in [0.15, 0.2) is 34.8 Å². The van der Waals surface area contributed by atoms with Gasteiger partial charge in [-0.3, -0.25) is 4.79 Å². The standard InChI is InChI=1S/C14H9BrN2O3/c15-7-4-9-8-3-6(14(19)20)1-2-11(8)17-12(9)10(5-7)13(16)18/h1-5,17H,(H2,16,18)(H,19,20). The van der Waals surface area contributed by atoms with Gasteiger partial charge in [0, 0.05) is 20.8 Å². The second-order valence-corrected chi connectivity index (χ2v) is 5.35. The van der Waals surface area contributed by atoms with Gasteiger partial charge < -0.3 is 15.8 Å². The minimum Gasteiger partial charge on any atom is -0.478 e. The average molecular weight is 333 g/mol. The summed E-state index contributed by atoms with van der Waals surface area (Å²) >= 11 is 3.33. The molecule has 0 saturated carbocycles. The van der Waals surface area contributed by atoms with Crippen LogP contribution in [0.5, 0.6) is 0 Å². The van der Waals surface area contributed by atoms with E-state index >= 15 is 0 Å². The van der Waals surface area contributed by atoms with Crippen LogP contribution in [-0.4, -0.2) is 22.0 Å². The van der Waals surface area contributed by atoms with Crippen molar-refractivity contribution in [3.8, 4) is 0 Å². The van der Waals surface area contributed by atoms with E-state index in [0.29, 0.717) is 15.6 Å². The first-order valence-corrected chi connectivity index (χ1v) is 6.55. The number of carboxylic acids is 1. The lowest BCUT2D eigenvalue weighted by Gasteiger charge is -2.00. The number of aromatic amines is 1. The Bertz CT molecular complexity index is 883. The molecule has 1 aromatic heterocycles. The fraction of sp³-hybridized carbons (Fsp3) is 0. The van der Waals surface area contributed by atoms with Gasteiger partial charge in [0.15, 0.2) is 0 Å². The molecule has 4 N–H and O–H groups in total. The maximum absolute atomic E-state index is 11.5. The molecule has 0 unspecified atom stereocenters. The lowest BCUT2D eigenvalue weighted by atomic mass is 10.1. The number of benzene rings is 2. The Kier molecular flexibility index (Phi) is 2.76. The number of fused-ring (bicyclic) bond motifs is 3. The van der Waals surface area contributed by atoms with E-state index in [1.165, 1.54) is 6.07 Å². The van der Waals surface area contributed by atoms with E-state index in [2.05, 4.69) is 20.9 Å². The molecule has 3 rings (SSSR count). The number of nitrogens with one attached hydrogen (secondary N) is 1. The zero-order chi connectivity index (χ0) is 14.4. The molecule has 0 aliphatic carbocycles. The van der Waals surface area contributed by atoms with E-state index in [0.717, 1.165) is 16.3 Å². The summed E-state index contributed by atoms with van der Waals surface area (Å²) in [5.41, 5.74) is 7.30. The maximum Gasteiger partial charge on any atom is 0.335 e. The molecule has 5 nitrogen and oxygen atoms in total. The molecule has 0 spiro atoms. The van der Waals surface area contributed by atoms with Crippen LogP contribution in [0.25, 0.3) is 21.8 Å². The van der Waals surface area contributed by atoms with E-state index in [1.807, 2.05) is 6.07 Å². The van der Waals surface area contributed by atoms with Gasteiger partial charge in [-0.1, -0.05) is 15.9 Å². The van der Waals surface area contributed by atoms with Crippen molar-refractivity contribution in [3.63, 3.8) is 0 Å². The summed E-state index contributed by atoms with van der Waals surface area (Å²) < 4.78 is 0.709. The Hall–Kier alpha value is -2.34. The Morgan fingerprint density at radius 3 is 2.55 bits per heavy atom. The predicted molar refractivity (Wildman–Crippen MR) is 79.0 cm³/mol. The zero-order valence-electron chi connectivity index (χ0n) is 10.1. The third-order valence-corrected chi connectivity index (χ3v) is 3.64. The normalized spacial score (nSPS) is 11.1. The fourth-order valence-corrected chi connectivity index (χ4v) is 2.75. The van der Waals surface area contributed by atoms with E-state index in [1.54, 1.807) is 18.2 Å². The fourth-order valence-electron chi connectivity index (χ4n) is 2.29. The van der Waals surface area contributed by atoms with Crippen LogP contribution < -0.4 is 5.73 Å². The number of nitrogens with two attached hydrogens (primary N) is 1. The van der Waals surface area contributed by atoms with Crippen LogP contribution in [0.4, 0.5) is 0 Å². The molecule has 1 amide bonds. The number of primary amides is 1. The molecular weight excluding hydrogens is 324 g/mol. The first-order valence-electron chi connectivity index (χ1n) is 5.75. The predicted octanol–water partition coefficient (Wildman–Crippen LogP) is 2.88. The first kappa shape index (κ1) is 12.7. The van der Waals surface area contributed by atoms with Crippen LogP contribution in [0.3, 0.4) is 0 Å². The smallest absolute Gasteiger partial charge is 0.335 e. The molecule has 0 aliphatic heterocycles. The summed E-state index contributed by atoms with van der Waals surface area (Å²) in [4.78, 5) is 25.7. The largest absolute Gasteiger partial charge is 0.478 e. The highest BCUT2D eigenvalue weighted by Gasteiger charge is 2.14. The zero-order valence-corrected chi connectivity index (χ0v) is 11.7. The van der Waals surface area contributed by atoms with Crippen molar-refractivity contribution in [1.29, 1.82) is 0 Å². The number of carboxylic acid groups (broad SMARTS) is 1. The van der Waals surface area contributed by atoms with E-state index < -0.39 is 11.9 Å². The number of hydrogen-bond acceptors (Lipinski definition) is 2. The van der Waals surface area contributed by atoms with Crippen LogP contribution in [-0.2, 0) is 0 Å². The Morgan fingerprint density at radius 2 is 1.90 bits per heavy atom. The number of amides is 1. The van der Waals surface area contributed by atoms with Gasteiger partial charge in [0.25, 0.3) is 5.91 Å². The Balaban J connectivity index is 2.46. The van der Waals surface area contributed by atoms with Crippen molar-refractivity contribution in [2.24, 2.45) is 5.73 Å². The molecule has 0 radical (unpaired) electrons. The van der Waals surface area contributed by atoms with Crippen molar-refractivity contribution in [3.05, 3.63) is 45.9 Å². The van der Waals surface area contributed by atoms with Crippen LogP contribution in [0.2, 0.25) is 0 Å². The third-order valence-electron chi connectivity index (χ3n) is 3.18. The van der Waals surface area contributed by atoms with Crippen molar-refractivity contribution < 1.29 is 14.7 Å². The van der Waals surface area contributed by atoms with Gasteiger partial charge in [-0.2, -0.15) is 0 Å². The molecule has 6 heteroatoms. The van der Waals surface area contributed by atoms with Crippen molar-refractivity contribution >= 4 is 49.6 Å². The number of carbonyl (C=O) groups excluding carboxylic acids is 1. The van der Waals surface area contributed by atoms with Gasteiger partial charge >= 0.3 is 5.97 Å². The van der Waals surface area contributed by atoms with Crippen LogP contribution in [0.1, 0.15) is 20.7 Å². The minimum absolute atomic E-state index is 0.194.